The summed E-state index contributed by atoms with van der Waals surface area (Å²) in [4.78, 5) is 27.0. The molecule has 1 aliphatic carbocycles. The molecular weight excluding hydrogens is 340 g/mol. The molecule has 4 rings (SSSR count). The largest absolute Gasteiger partial charge is 0.464 e. The molecule has 5 heteroatoms. The van der Waals surface area contributed by atoms with Gasteiger partial charge in [-0.25, -0.2) is 0 Å². The summed E-state index contributed by atoms with van der Waals surface area (Å²) in [6.45, 7) is 2.67. The molecule has 1 aliphatic heterocycles. The quantitative estimate of drug-likeness (QED) is 0.853. The maximum Gasteiger partial charge on any atom is 0.254 e. The van der Waals surface area contributed by atoms with Gasteiger partial charge in [-0.1, -0.05) is 12.8 Å². The van der Waals surface area contributed by atoms with E-state index in [0.717, 1.165) is 62.3 Å². The van der Waals surface area contributed by atoms with E-state index in [1.807, 2.05) is 36.1 Å². The minimum Gasteiger partial charge on any atom is -0.464 e. The van der Waals surface area contributed by atoms with E-state index >= 15 is 0 Å². The molecule has 1 aromatic heterocycles. The predicted molar refractivity (Wildman–Crippen MR) is 103 cm³/mol. The Labute approximate surface area is 159 Å². The summed E-state index contributed by atoms with van der Waals surface area (Å²) in [5.74, 6) is 2.01. The highest BCUT2D eigenvalue weighted by Gasteiger charge is 2.31. The van der Waals surface area contributed by atoms with Crippen molar-refractivity contribution in [3.63, 3.8) is 0 Å². The maximum atomic E-state index is 13.2. The minimum absolute atomic E-state index is 0.0112. The third-order valence-electron chi connectivity index (χ3n) is 5.45. The van der Waals surface area contributed by atoms with Gasteiger partial charge in [0.1, 0.15) is 11.5 Å². The topological polar surface area (TPSA) is 62.6 Å². The van der Waals surface area contributed by atoms with Crippen LogP contribution in [0.25, 0.3) is 0 Å². The predicted octanol–water partition coefficient (Wildman–Crippen LogP) is 4.69. The number of benzene rings is 1. The summed E-state index contributed by atoms with van der Waals surface area (Å²) in [6, 6.07) is 11.2. The van der Waals surface area contributed by atoms with Crippen LogP contribution in [0.1, 0.15) is 66.4 Å². The van der Waals surface area contributed by atoms with Gasteiger partial charge in [0.2, 0.25) is 5.91 Å². The van der Waals surface area contributed by atoms with Crippen molar-refractivity contribution in [2.75, 3.05) is 11.9 Å². The molecule has 2 heterocycles. The number of amides is 2. The lowest BCUT2D eigenvalue weighted by atomic mass is 10.1. The molecule has 0 spiro atoms. The van der Waals surface area contributed by atoms with Crippen LogP contribution in [-0.4, -0.2) is 23.3 Å². The summed E-state index contributed by atoms with van der Waals surface area (Å²) >= 11 is 0. The fraction of sp³-hybridized carbons (Fsp3) is 0.455. The Balaban J connectivity index is 1.51. The molecule has 142 valence electrons. The number of carbonyl (C=O) groups excluding carboxylic acids is 2. The molecule has 5 nitrogen and oxygen atoms in total. The van der Waals surface area contributed by atoms with Crippen LogP contribution in [0.3, 0.4) is 0 Å². The molecule has 0 bridgehead atoms. The maximum absolute atomic E-state index is 13.2. The van der Waals surface area contributed by atoms with Gasteiger partial charge in [-0.2, -0.15) is 0 Å². The minimum atomic E-state index is -0.0112. The number of carbonyl (C=O) groups is 2. The van der Waals surface area contributed by atoms with Crippen molar-refractivity contribution in [3.8, 4) is 0 Å². The molecule has 2 aromatic rings. The fourth-order valence-corrected chi connectivity index (χ4v) is 3.73. The monoisotopic (exact) mass is 366 g/mol. The van der Waals surface area contributed by atoms with Gasteiger partial charge in [0.25, 0.3) is 5.91 Å². The lowest BCUT2D eigenvalue weighted by molar-refractivity contribution is -0.117. The Bertz CT molecular complexity index is 820. The summed E-state index contributed by atoms with van der Waals surface area (Å²) in [5.41, 5.74) is 1.40. The molecule has 1 saturated heterocycles. The van der Waals surface area contributed by atoms with Crippen LogP contribution in [0.15, 0.2) is 40.8 Å². The average molecular weight is 366 g/mol. The van der Waals surface area contributed by atoms with E-state index in [-0.39, 0.29) is 23.8 Å². The second-order valence-electron chi connectivity index (χ2n) is 7.65. The molecule has 1 aromatic carbocycles. The van der Waals surface area contributed by atoms with E-state index in [2.05, 4.69) is 5.32 Å². The van der Waals surface area contributed by atoms with Gasteiger partial charge < -0.3 is 14.6 Å². The van der Waals surface area contributed by atoms with Gasteiger partial charge >= 0.3 is 0 Å². The number of anilines is 1. The zero-order valence-electron chi connectivity index (χ0n) is 15.7. The highest BCUT2D eigenvalue weighted by atomic mass is 16.3. The first-order valence-corrected chi connectivity index (χ1v) is 9.90. The Morgan fingerprint density at radius 3 is 2.44 bits per heavy atom. The van der Waals surface area contributed by atoms with Gasteiger partial charge in [-0.05, 0) is 69.0 Å². The van der Waals surface area contributed by atoms with Crippen LogP contribution in [0.5, 0.6) is 0 Å². The van der Waals surface area contributed by atoms with Gasteiger partial charge in [-0.3, -0.25) is 9.59 Å². The van der Waals surface area contributed by atoms with Crippen molar-refractivity contribution in [1.29, 1.82) is 0 Å². The number of hydrogen-bond donors (Lipinski definition) is 1. The van der Waals surface area contributed by atoms with Crippen LogP contribution in [0.2, 0.25) is 0 Å². The molecular formula is C22H26N2O3. The first-order valence-electron chi connectivity index (χ1n) is 9.90. The van der Waals surface area contributed by atoms with Crippen molar-refractivity contribution in [3.05, 3.63) is 53.5 Å². The molecule has 2 aliphatic rings. The van der Waals surface area contributed by atoms with Gasteiger partial charge in [0, 0.05) is 23.7 Å². The molecule has 0 unspecified atom stereocenters. The van der Waals surface area contributed by atoms with E-state index in [0.29, 0.717) is 5.56 Å². The number of nitrogens with zero attached hydrogens (tertiary/aromatic N) is 1. The van der Waals surface area contributed by atoms with Gasteiger partial charge in [0.15, 0.2) is 0 Å². The highest BCUT2D eigenvalue weighted by Crippen LogP contribution is 2.33. The molecule has 1 atom stereocenters. The van der Waals surface area contributed by atoms with E-state index in [4.69, 9.17) is 4.42 Å². The van der Waals surface area contributed by atoms with E-state index in [1.54, 1.807) is 12.1 Å². The first kappa shape index (κ1) is 17.8. The van der Waals surface area contributed by atoms with E-state index in [1.165, 1.54) is 0 Å². The number of aryl methyl sites for hydroxylation is 1. The normalized spacial score (nSPS) is 20.2. The molecule has 27 heavy (non-hydrogen) atoms. The Kier molecular flexibility index (Phi) is 5.01. The first-order chi connectivity index (χ1) is 13.1. The number of furan rings is 1. The van der Waals surface area contributed by atoms with E-state index in [9.17, 15) is 9.59 Å². The van der Waals surface area contributed by atoms with Gasteiger partial charge in [0.05, 0.1) is 6.04 Å². The third-order valence-corrected chi connectivity index (χ3v) is 5.45. The standard InChI is InChI=1S/C22H26N2O3/c1-15-6-13-20(27-15)19-5-3-2-4-14-24(19)22(26)17-9-11-18(12-10-17)23-21(25)16-7-8-16/h6,9-13,16,19H,2-5,7-8,14H2,1H3,(H,23,25)/t19-/m0/s1. The molecule has 2 amide bonds. The van der Waals surface area contributed by atoms with Crippen LogP contribution >= 0.6 is 0 Å². The number of nitrogens with one attached hydrogen (secondary N) is 1. The second kappa shape index (κ2) is 7.59. The van der Waals surface area contributed by atoms with Crippen molar-refractivity contribution in [1.82, 2.24) is 4.90 Å². The van der Waals surface area contributed by atoms with E-state index < -0.39 is 0 Å². The Hall–Kier alpha value is -2.56. The summed E-state index contributed by atoms with van der Waals surface area (Å²) in [7, 11) is 0. The third kappa shape index (κ3) is 4.07. The Morgan fingerprint density at radius 1 is 1.00 bits per heavy atom. The van der Waals surface area contributed by atoms with Crippen LogP contribution in [0.4, 0.5) is 5.69 Å². The molecule has 1 N–H and O–H groups in total. The van der Waals surface area contributed by atoms with Crippen LogP contribution in [0, 0.1) is 12.8 Å². The summed E-state index contributed by atoms with van der Waals surface area (Å²) in [6.07, 6.45) is 6.12. The van der Waals surface area contributed by atoms with Gasteiger partial charge in [-0.15, -0.1) is 0 Å². The van der Waals surface area contributed by atoms with Crippen molar-refractivity contribution < 1.29 is 14.0 Å². The lowest BCUT2D eigenvalue weighted by Gasteiger charge is -2.29. The summed E-state index contributed by atoms with van der Waals surface area (Å²) < 4.78 is 5.84. The van der Waals surface area contributed by atoms with Crippen LogP contribution < -0.4 is 5.32 Å². The zero-order chi connectivity index (χ0) is 18.8. The molecule has 1 saturated carbocycles. The van der Waals surface area contributed by atoms with Crippen molar-refractivity contribution >= 4 is 17.5 Å². The average Bonchev–Trinajstić information content (AvgIpc) is 3.47. The smallest absolute Gasteiger partial charge is 0.254 e. The Morgan fingerprint density at radius 2 is 1.78 bits per heavy atom. The second-order valence-corrected chi connectivity index (χ2v) is 7.65. The SMILES string of the molecule is Cc1ccc([C@@H]2CCCCCN2C(=O)c2ccc(NC(=O)C3CC3)cc2)o1. The molecule has 0 radical (unpaired) electrons. The molecule has 2 fully saturated rings. The number of hydrogen-bond acceptors (Lipinski definition) is 3. The summed E-state index contributed by atoms with van der Waals surface area (Å²) in [5, 5.41) is 2.92. The number of likely N-dealkylation sites (tertiary alicyclic amines) is 1. The van der Waals surface area contributed by atoms with Crippen molar-refractivity contribution in [2.45, 2.75) is 51.5 Å². The van der Waals surface area contributed by atoms with Crippen molar-refractivity contribution in [2.24, 2.45) is 5.92 Å². The zero-order valence-corrected chi connectivity index (χ0v) is 15.7. The number of rotatable bonds is 4. The van der Waals surface area contributed by atoms with Crippen LogP contribution in [-0.2, 0) is 4.79 Å². The highest BCUT2D eigenvalue weighted by molar-refractivity contribution is 5.97. The lowest BCUT2D eigenvalue weighted by Crippen LogP contribution is -2.34. The fourth-order valence-electron chi connectivity index (χ4n) is 3.73.